The summed E-state index contributed by atoms with van der Waals surface area (Å²) in [6.45, 7) is 2.65. The monoisotopic (exact) mass is 210 g/mol. The lowest BCUT2D eigenvalue weighted by atomic mass is 10.3. The molecular formula is C9H17F3Si. The van der Waals surface area contributed by atoms with Gasteiger partial charge in [-0.2, -0.15) is 0 Å². The Labute approximate surface area is 78.5 Å². The molecule has 1 atom stereocenters. The van der Waals surface area contributed by atoms with E-state index in [9.17, 15) is 13.2 Å². The van der Waals surface area contributed by atoms with E-state index < -0.39 is 19.8 Å². The van der Waals surface area contributed by atoms with Crippen LogP contribution in [-0.4, -0.2) is 19.8 Å². The molecule has 0 aromatic carbocycles. The highest BCUT2D eigenvalue weighted by Crippen LogP contribution is 2.42. The first-order valence-corrected chi connectivity index (χ1v) is 7.83. The summed E-state index contributed by atoms with van der Waals surface area (Å²) in [4.78, 5) is 0. The van der Waals surface area contributed by atoms with Gasteiger partial charge >= 0.3 is 0 Å². The molecule has 0 nitrogen and oxygen atoms in total. The van der Waals surface area contributed by atoms with Crippen LogP contribution in [0.4, 0.5) is 13.2 Å². The Hall–Kier alpha value is 0.00688. The van der Waals surface area contributed by atoms with Crippen LogP contribution in [0.15, 0.2) is 0 Å². The highest BCUT2D eigenvalue weighted by Gasteiger charge is 2.55. The fourth-order valence-electron chi connectivity index (χ4n) is 2.15. The van der Waals surface area contributed by atoms with Crippen LogP contribution >= 0.6 is 0 Å². The Kier molecular flexibility index (Phi) is 3.10. The summed E-state index contributed by atoms with van der Waals surface area (Å²) >= 11 is 0. The zero-order chi connectivity index (χ0) is 10.1. The molecule has 0 N–H and O–H groups in total. The Morgan fingerprint density at radius 3 is 2.00 bits per heavy atom. The van der Waals surface area contributed by atoms with Crippen molar-refractivity contribution in [3.63, 3.8) is 0 Å². The van der Waals surface area contributed by atoms with E-state index in [2.05, 4.69) is 0 Å². The lowest BCUT2D eigenvalue weighted by molar-refractivity contribution is 0.00112. The molecule has 0 aromatic heterocycles. The maximum Gasteiger partial charge on any atom is 0.259 e. The van der Waals surface area contributed by atoms with E-state index in [0.29, 0.717) is 12.1 Å². The van der Waals surface area contributed by atoms with E-state index >= 15 is 0 Å². The second-order valence-corrected chi connectivity index (χ2v) is 9.15. The third-order valence-electron chi connectivity index (χ3n) is 3.26. The molecule has 0 aromatic rings. The van der Waals surface area contributed by atoms with Crippen molar-refractivity contribution in [2.45, 2.75) is 56.5 Å². The van der Waals surface area contributed by atoms with Gasteiger partial charge in [0.25, 0.3) is 5.55 Å². The van der Waals surface area contributed by atoms with Gasteiger partial charge in [-0.1, -0.05) is 37.9 Å². The maximum atomic E-state index is 13.5. The lowest BCUT2D eigenvalue weighted by Gasteiger charge is -2.39. The summed E-state index contributed by atoms with van der Waals surface area (Å²) in [6, 6.07) is 1.18. The first-order valence-electron chi connectivity index (χ1n) is 4.92. The van der Waals surface area contributed by atoms with Crippen LogP contribution in [0.5, 0.6) is 0 Å². The van der Waals surface area contributed by atoms with Crippen LogP contribution in [0, 0.1) is 0 Å². The fraction of sp³-hybridized carbons (Fsp3) is 1.00. The molecule has 1 aliphatic rings. The van der Waals surface area contributed by atoms with E-state index in [4.69, 9.17) is 0 Å². The van der Waals surface area contributed by atoms with Crippen LogP contribution in [0.3, 0.4) is 0 Å². The molecule has 13 heavy (non-hydrogen) atoms. The fourth-order valence-corrected chi connectivity index (χ4v) is 6.08. The van der Waals surface area contributed by atoms with Gasteiger partial charge in [-0.15, -0.1) is 0 Å². The molecule has 0 radical (unpaired) electrons. The summed E-state index contributed by atoms with van der Waals surface area (Å²) in [5, 5.41) is 0. The highest BCUT2D eigenvalue weighted by atomic mass is 28.3. The molecule has 1 aliphatic heterocycles. The van der Waals surface area contributed by atoms with Crippen molar-refractivity contribution in [2.75, 3.05) is 0 Å². The third-order valence-corrected chi connectivity index (χ3v) is 8.18. The standard InChI is InChI=1S/C9H17F3Si/c1-8(10)9(11,12)13(2)6-4-3-5-7-13/h8H,3-7H2,1-2H3. The maximum absolute atomic E-state index is 13.5. The number of alkyl halides is 3. The van der Waals surface area contributed by atoms with E-state index in [1.54, 1.807) is 6.55 Å². The molecule has 78 valence electrons. The smallest absolute Gasteiger partial charge is 0.242 e. The van der Waals surface area contributed by atoms with E-state index in [1.807, 2.05) is 0 Å². The van der Waals surface area contributed by atoms with Crippen molar-refractivity contribution in [3.8, 4) is 0 Å². The quantitative estimate of drug-likeness (QED) is 0.608. The number of hydrogen-bond donors (Lipinski definition) is 0. The van der Waals surface area contributed by atoms with Gasteiger partial charge in [0, 0.05) is 0 Å². The SMILES string of the molecule is CC(F)C(F)(F)[Si]1(C)CCCCC1. The van der Waals surface area contributed by atoms with Crippen molar-refractivity contribution < 1.29 is 13.2 Å². The predicted octanol–water partition coefficient (Wildman–Crippen LogP) is 3.78. The van der Waals surface area contributed by atoms with Crippen LogP contribution < -0.4 is 0 Å². The molecule has 1 unspecified atom stereocenters. The summed E-state index contributed by atoms with van der Waals surface area (Å²) in [5.41, 5.74) is -3.02. The molecule has 1 rings (SSSR count). The van der Waals surface area contributed by atoms with E-state index in [1.165, 1.54) is 0 Å². The number of halogens is 3. The Bertz CT molecular complexity index is 174. The van der Waals surface area contributed by atoms with Crippen molar-refractivity contribution in [1.29, 1.82) is 0 Å². The average molecular weight is 210 g/mol. The molecule has 0 spiro atoms. The molecule has 0 aliphatic carbocycles. The molecule has 1 fully saturated rings. The van der Waals surface area contributed by atoms with Gasteiger partial charge in [-0.3, -0.25) is 0 Å². The van der Waals surface area contributed by atoms with Gasteiger partial charge in [0.1, 0.15) is 8.07 Å². The predicted molar refractivity (Wildman–Crippen MR) is 50.6 cm³/mol. The Morgan fingerprint density at radius 1 is 1.15 bits per heavy atom. The number of rotatable bonds is 2. The first-order chi connectivity index (χ1) is 5.90. The highest BCUT2D eigenvalue weighted by molar-refractivity contribution is 6.81. The molecule has 0 saturated carbocycles. The topological polar surface area (TPSA) is 0 Å². The second-order valence-electron chi connectivity index (χ2n) is 4.36. The molecule has 4 heteroatoms. The zero-order valence-electron chi connectivity index (χ0n) is 8.25. The first kappa shape index (κ1) is 11.1. The van der Waals surface area contributed by atoms with Crippen molar-refractivity contribution in [2.24, 2.45) is 0 Å². The minimum absolute atomic E-state index is 0.592. The van der Waals surface area contributed by atoms with Gasteiger partial charge in [-0.05, 0) is 6.92 Å². The summed E-state index contributed by atoms with van der Waals surface area (Å²) in [6.07, 6.45) is 0.803. The zero-order valence-corrected chi connectivity index (χ0v) is 9.25. The second kappa shape index (κ2) is 3.63. The molecule has 1 saturated heterocycles. The van der Waals surface area contributed by atoms with E-state index in [0.717, 1.165) is 26.2 Å². The normalized spacial score (nSPS) is 25.6. The minimum atomic E-state index is -3.02. The van der Waals surface area contributed by atoms with Gasteiger partial charge in [-0.25, -0.2) is 13.2 Å². The molecular weight excluding hydrogens is 193 g/mol. The Morgan fingerprint density at radius 2 is 1.62 bits per heavy atom. The van der Waals surface area contributed by atoms with Crippen LogP contribution in [0.25, 0.3) is 0 Å². The third kappa shape index (κ3) is 1.92. The van der Waals surface area contributed by atoms with Gasteiger partial charge < -0.3 is 0 Å². The molecule has 1 heterocycles. The molecule has 0 bridgehead atoms. The van der Waals surface area contributed by atoms with E-state index in [-0.39, 0.29) is 0 Å². The van der Waals surface area contributed by atoms with Crippen molar-refractivity contribution in [1.82, 2.24) is 0 Å². The van der Waals surface area contributed by atoms with Gasteiger partial charge in [0.2, 0.25) is 0 Å². The number of hydrogen-bond acceptors (Lipinski definition) is 0. The van der Waals surface area contributed by atoms with Crippen LogP contribution in [0.1, 0.15) is 26.2 Å². The summed E-state index contributed by atoms with van der Waals surface area (Å²) in [7, 11) is -2.64. The Balaban J connectivity index is 2.76. The van der Waals surface area contributed by atoms with Crippen molar-refractivity contribution >= 4 is 8.07 Å². The van der Waals surface area contributed by atoms with Gasteiger partial charge in [0.15, 0.2) is 6.17 Å². The summed E-state index contributed by atoms with van der Waals surface area (Å²) < 4.78 is 39.8. The summed E-state index contributed by atoms with van der Waals surface area (Å²) in [5.74, 6) is 0. The average Bonchev–Trinajstić information content (AvgIpc) is 2.05. The molecule has 0 amide bonds. The van der Waals surface area contributed by atoms with Crippen molar-refractivity contribution in [3.05, 3.63) is 0 Å². The minimum Gasteiger partial charge on any atom is -0.242 e. The largest absolute Gasteiger partial charge is 0.259 e. The van der Waals surface area contributed by atoms with Crippen LogP contribution in [0.2, 0.25) is 18.6 Å². The van der Waals surface area contributed by atoms with Crippen LogP contribution in [-0.2, 0) is 0 Å². The lowest BCUT2D eigenvalue weighted by Crippen LogP contribution is -2.56. The van der Waals surface area contributed by atoms with Gasteiger partial charge in [0.05, 0.1) is 0 Å².